The summed E-state index contributed by atoms with van der Waals surface area (Å²) in [5.41, 5.74) is 0.775. The molecule has 180 valence electrons. The van der Waals surface area contributed by atoms with Crippen molar-refractivity contribution in [2.24, 2.45) is 0 Å². The number of carbonyl (C=O) groups is 2. The molecule has 36 heavy (non-hydrogen) atoms. The minimum absolute atomic E-state index is 0.199. The average Bonchev–Trinajstić information content (AvgIpc) is 3.17. The zero-order chi connectivity index (χ0) is 25.8. The lowest BCUT2D eigenvalue weighted by molar-refractivity contribution is -0.120. The summed E-state index contributed by atoms with van der Waals surface area (Å²) in [5, 5.41) is 11.5. The van der Waals surface area contributed by atoms with Crippen LogP contribution in [0.15, 0.2) is 71.3 Å². The molecule has 0 unspecified atom stereocenters. The van der Waals surface area contributed by atoms with Crippen LogP contribution in [0.4, 0.5) is 0 Å². The summed E-state index contributed by atoms with van der Waals surface area (Å²) in [6, 6.07) is 18.1. The van der Waals surface area contributed by atoms with Crippen molar-refractivity contribution < 1.29 is 23.8 Å². The van der Waals surface area contributed by atoms with Gasteiger partial charge in [-0.15, -0.1) is 0 Å². The van der Waals surface area contributed by atoms with Gasteiger partial charge < -0.3 is 14.2 Å². The number of ketones is 1. The van der Waals surface area contributed by atoms with E-state index in [9.17, 15) is 14.9 Å². The maximum atomic E-state index is 13.1. The number of hydrogen-bond donors (Lipinski definition) is 0. The number of nitriles is 1. The van der Waals surface area contributed by atoms with Gasteiger partial charge in [0.25, 0.3) is 5.91 Å². The second-order valence-corrected chi connectivity index (χ2v) is 9.23. The lowest BCUT2D eigenvalue weighted by Crippen LogP contribution is -2.23. The Morgan fingerprint density at radius 1 is 1.00 bits per heavy atom. The number of Topliss-reactive ketones (excluding diaryl/α,β-unsaturated/α-hetero) is 1. The summed E-state index contributed by atoms with van der Waals surface area (Å²) >= 11 is 6.44. The normalized spacial score (nSPS) is 14.8. The van der Waals surface area contributed by atoms with Gasteiger partial charge in [-0.05, 0) is 40.6 Å². The Morgan fingerprint density at radius 3 is 2.28 bits per heavy atom. The van der Waals surface area contributed by atoms with Crippen molar-refractivity contribution in [3.63, 3.8) is 0 Å². The predicted octanol–water partition coefficient (Wildman–Crippen LogP) is 5.36. The molecule has 0 N–H and O–H groups in total. The number of fused-ring (bicyclic) bond motifs is 1. The minimum atomic E-state index is -0.495. The van der Waals surface area contributed by atoms with Crippen molar-refractivity contribution in [3.05, 3.63) is 82.4 Å². The van der Waals surface area contributed by atoms with Gasteiger partial charge in [-0.2, -0.15) is 5.26 Å². The highest BCUT2D eigenvalue weighted by molar-refractivity contribution is 8.26. The molecular weight excluding hydrogens is 496 g/mol. The molecule has 0 radical (unpaired) electrons. The molecule has 0 aliphatic carbocycles. The van der Waals surface area contributed by atoms with Crippen LogP contribution in [-0.2, 0) is 4.79 Å². The standard InChI is InChI=1S/C27H20N2O5S2/c1-32-21-10-16(11-22(33-2)25(21)34-3)12-23-26(31)29(27(35)36-23)15-20(14-28)24(30)19-9-8-17-6-4-5-7-18(17)13-19/h4-13,15H,1-3H3. The number of carbonyl (C=O) groups excluding carboxylic acids is 2. The lowest BCUT2D eigenvalue weighted by atomic mass is 10.0. The minimum Gasteiger partial charge on any atom is -0.493 e. The summed E-state index contributed by atoms with van der Waals surface area (Å²) in [6.07, 6.45) is 2.83. The molecule has 7 nitrogen and oxygen atoms in total. The summed E-state index contributed by atoms with van der Waals surface area (Å²) in [6.45, 7) is 0. The first-order valence-electron chi connectivity index (χ1n) is 10.6. The van der Waals surface area contributed by atoms with Crippen LogP contribution < -0.4 is 14.2 Å². The number of amides is 1. The Morgan fingerprint density at radius 2 is 1.67 bits per heavy atom. The number of ether oxygens (including phenoxy) is 3. The molecule has 9 heteroatoms. The molecule has 0 spiro atoms. The molecule has 3 aromatic carbocycles. The van der Waals surface area contributed by atoms with Crippen molar-refractivity contribution in [3.8, 4) is 23.3 Å². The van der Waals surface area contributed by atoms with Crippen molar-refractivity contribution in [1.29, 1.82) is 5.26 Å². The second kappa shape index (κ2) is 10.6. The third kappa shape index (κ3) is 4.82. The fraction of sp³-hybridized carbons (Fsp3) is 0.111. The Kier molecular flexibility index (Phi) is 7.38. The molecule has 0 saturated carbocycles. The molecule has 3 aromatic rings. The van der Waals surface area contributed by atoms with Gasteiger partial charge in [0.15, 0.2) is 15.8 Å². The SMILES string of the molecule is COc1cc(C=C2SC(=S)N(C=C(C#N)C(=O)c3ccc4ccccc4c3)C2=O)cc(OC)c1OC. The van der Waals surface area contributed by atoms with Gasteiger partial charge >= 0.3 is 0 Å². The molecule has 0 bridgehead atoms. The molecule has 1 heterocycles. The van der Waals surface area contributed by atoms with Crippen molar-refractivity contribution >= 4 is 56.8 Å². The Labute approximate surface area is 217 Å². The van der Waals surface area contributed by atoms with Crippen molar-refractivity contribution in [2.45, 2.75) is 0 Å². The number of thioether (sulfide) groups is 1. The number of benzene rings is 3. The highest BCUT2D eigenvalue weighted by Crippen LogP contribution is 2.40. The van der Waals surface area contributed by atoms with Gasteiger partial charge in [-0.25, -0.2) is 0 Å². The number of allylic oxidation sites excluding steroid dienone is 1. The zero-order valence-electron chi connectivity index (χ0n) is 19.6. The summed E-state index contributed by atoms with van der Waals surface area (Å²) in [5.74, 6) is 0.361. The second-order valence-electron chi connectivity index (χ2n) is 7.56. The topological polar surface area (TPSA) is 88.9 Å². The molecule has 0 aromatic heterocycles. The predicted molar refractivity (Wildman–Crippen MR) is 143 cm³/mol. The van der Waals surface area contributed by atoms with Crippen molar-refractivity contribution in [2.75, 3.05) is 21.3 Å². The zero-order valence-corrected chi connectivity index (χ0v) is 21.2. The third-order valence-electron chi connectivity index (χ3n) is 5.44. The first-order chi connectivity index (χ1) is 17.4. The van der Waals surface area contributed by atoms with E-state index in [4.69, 9.17) is 26.4 Å². The summed E-state index contributed by atoms with van der Waals surface area (Å²) in [4.78, 5) is 27.7. The number of rotatable bonds is 7. The molecule has 1 amide bonds. The Bertz CT molecular complexity index is 1480. The lowest BCUT2D eigenvalue weighted by Gasteiger charge is -2.13. The quantitative estimate of drug-likeness (QED) is 0.180. The molecular formula is C27H20N2O5S2. The number of nitrogens with zero attached hydrogens (tertiary/aromatic N) is 2. The molecule has 1 saturated heterocycles. The molecule has 1 aliphatic rings. The van der Waals surface area contributed by atoms with Crippen LogP contribution in [0.25, 0.3) is 16.8 Å². The highest BCUT2D eigenvalue weighted by atomic mass is 32.2. The van der Waals surface area contributed by atoms with Crippen LogP contribution in [0.1, 0.15) is 15.9 Å². The van der Waals surface area contributed by atoms with E-state index in [1.165, 1.54) is 27.5 Å². The van der Waals surface area contributed by atoms with E-state index < -0.39 is 11.7 Å². The maximum absolute atomic E-state index is 13.1. The van der Waals surface area contributed by atoms with E-state index in [0.29, 0.717) is 33.3 Å². The van der Waals surface area contributed by atoms with Crippen molar-refractivity contribution in [1.82, 2.24) is 4.90 Å². The largest absolute Gasteiger partial charge is 0.493 e. The van der Waals surface area contributed by atoms with E-state index in [1.54, 1.807) is 30.3 Å². The molecule has 1 aliphatic heterocycles. The van der Waals surface area contributed by atoms with Gasteiger partial charge in [0.05, 0.1) is 26.2 Å². The van der Waals surface area contributed by atoms with Gasteiger partial charge in [-0.1, -0.05) is 60.4 Å². The number of thiocarbonyl (C=S) groups is 1. The van der Waals surface area contributed by atoms with Crippen LogP contribution >= 0.6 is 24.0 Å². The first-order valence-corrected chi connectivity index (χ1v) is 11.8. The van der Waals surface area contributed by atoms with Crippen LogP contribution in [0.5, 0.6) is 17.2 Å². The van der Waals surface area contributed by atoms with E-state index in [2.05, 4.69) is 0 Å². The van der Waals surface area contributed by atoms with Gasteiger partial charge in [-0.3, -0.25) is 14.5 Å². The average molecular weight is 517 g/mol. The van der Waals surface area contributed by atoms with Crippen LogP contribution in [0.3, 0.4) is 0 Å². The molecule has 0 atom stereocenters. The van der Waals surface area contributed by atoms with Gasteiger partial charge in [0.2, 0.25) is 11.5 Å². The van der Waals surface area contributed by atoms with E-state index in [-0.39, 0.29) is 9.89 Å². The van der Waals surface area contributed by atoms with E-state index >= 15 is 0 Å². The highest BCUT2D eigenvalue weighted by Gasteiger charge is 2.32. The van der Waals surface area contributed by atoms with Gasteiger partial charge in [0.1, 0.15) is 11.6 Å². The van der Waals surface area contributed by atoms with Crippen LogP contribution in [0.2, 0.25) is 0 Å². The number of methoxy groups -OCH3 is 3. The summed E-state index contributed by atoms with van der Waals surface area (Å²) < 4.78 is 16.3. The van der Waals surface area contributed by atoms with Crippen LogP contribution in [0, 0.1) is 11.3 Å². The monoisotopic (exact) mass is 516 g/mol. The molecule has 4 rings (SSSR count). The van der Waals surface area contributed by atoms with Gasteiger partial charge in [0, 0.05) is 11.8 Å². The Hall–Kier alpha value is -4.13. The fourth-order valence-corrected chi connectivity index (χ4v) is 4.89. The number of hydrogen-bond acceptors (Lipinski definition) is 8. The molecule has 1 fully saturated rings. The first kappa shape index (κ1) is 25.0. The van der Waals surface area contributed by atoms with E-state index in [1.807, 2.05) is 36.4 Å². The third-order valence-corrected chi connectivity index (χ3v) is 6.77. The Balaban J connectivity index is 1.64. The van der Waals surface area contributed by atoms with E-state index in [0.717, 1.165) is 27.4 Å². The maximum Gasteiger partial charge on any atom is 0.270 e. The summed E-state index contributed by atoms with van der Waals surface area (Å²) in [7, 11) is 4.51. The fourth-order valence-electron chi connectivity index (χ4n) is 3.68. The smallest absolute Gasteiger partial charge is 0.270 e. The van der Waals surface area contributed by atoms with Crippen LogP contribution in [-0.4, -0.2) is 42.2 Å².